The molecule has 1 aromatic carbocycles. The first-order valence-corrected chi connectivity index (χ1v) is 4.50. The van der Waals surface area contributed by atoms with Crippen LogP contribution in [0.1, 0.15) is 5.56 Å². The largest absolute Gasteiger partial charge is 0.377 e. The Morgan fingerprint density at radius 3 is 2.50 bits per heavy atom. The minimum Gasteiger partial charge on any atom is -0.377 e. The Hall–Kier alpha value is -0.390. The van der Waals surface area contributed by atoms with Crippen LogP contribution in [0.15, 0.2) is 30.3 Å². The van der Waals surface area contributed by atoms with E-state index in [1.165, 1.54) is 5.56 Å². The van der Waals surface area contributed by atoms with Crippen LogP contribution in [0.2, 0.25) is 0 Å². The van der Waals surface area contributed by atoms with E-state index < -0.39 is 0 Å². The van der Waals surface area contributed by atoms with E-state index in [2.05, 4.69) is 12.1 Å². The normalized spacial score (nSPS) is 10.9. The molecule has 1 N–H and O–H groups in total. The molecule has 0 aliphatic heterocycles. The van der Waals surface area contributed by atoms with Crippen molar-refractivity contribution >= 4 is 8.81 Å². The molecule has 1 nitrogen and oxygen atoms in total. The molecule has 1 aromatic rings. The second kappa shape index (κ2) is 4.43. The van der Waals surface area contributed by atoms with Gasteiger partial charge in [-0.1, -0.05) is 30.3 Å². The molecule has 1 unspecified atom stereocenters. The van der Waals surface area contributed by atoms with Crippen LogP contribution < -0.4 is 0 Å². The number of hydrogen-bond acceptors (Lipinski definition) is 1. The van der Waals surface area contributed by atoms with Crippen LogP contribution in [0.5, 0.6) is 0 Å². The number of benzene rings is 1. The number of aryl methyl sites for hydroxylation is 1. The van der Waals surface area contributed by atoms with Crippen LogP contribution in [-0.4, -0.2) is 11.1 Å². The maximum Gasteiger partial charge on any atom is 0.0110 e. The zero-order chi connectivity index (χ0) is 7.23. The zero-order valence-corrected chi connectivity index (χ0v) is 6.75. The van der Waals surface area contributed by atoms with Gasteiger partial charge in [0.25, 0.3) is 0 Å². The van der Waals surface area contributed by atoms with Gasteiger partial charge < -0.3 is 4.89 Å². The van der Waals surface area contributed by atoms with Gasteiger partial charge in [0.1, 0.15) is 0 Å². The summed E-state index contributed by atoms with van der Waals surface area (Å²) in [5.41, 5.74) is 1.31. The van der Waals surface area contributed by atoms with E-state index in [4.69, 9.17) is 4.89 Å². The highest BCUT2D eigenvalue weighted by atomic mass is 31.1. The molecule has 2 heteroatoms. The molecule has 0 bridgehead atoms. The monoisotopic (exact) mass is 154 g/mol. The van der Waals surface area contributed by atoms with Crippen molar-refractivity contribution in [2.45, 2.75) is 6.42 Å². The Kier molecular flexibility index (Phi) is 3.42. The van der Waals surface area contributed by atoms with Gasteiger partial charge in [-0.2, -0.15) is 0 Å². The summed E-state index contributed by atoms with van der Waals surface area (Å²) in [5.74, 6) is 0. The zero-order valence-electron chi connectivity index (χ0n) is 5.75. The molecule has 1 rings (SSSR count). The lowest BCUT2D eigenvalue weighted by atomic mass is 10.2. The van der Waals surface area contributed by atoms with Gasteiger partial charge in [0.2, 0.25) is 0 Å². The van der Waals surface area contributed by atoms with Crippen LogP contribution in [0.3, 0.4) is 0 Å². The van der Waals surface area contributed by atoms with Crippen LogP contribution >= 0.6 is 8.81 Å². The topological polar surface area (TPSA) is 20.2 Å². The highest BCUT2D eigenvalue weighted by molar-refractivity contribution is 7.31. The van der Waals surface area contributed by atoms with Crippen molar-refractivity contribution in [1.29, 1.82) is 0 Å². The molecule has 54 valence electrons. The quantitative estimate of drug-likeness (QED) is 0.658. The van der Waals surface area contributed by atoms with E-state index in [0.29, 0.717) is 0 Å². The number of hydrogen-bond donors (Lipinski definition) is 1. The van der Waals surface area contributed by atoms with E-state index >= 15 is 0 Å². The van der Waals surface area contributed by atoms with E-state index in [1.54, 1.807) is 0 Å². The lowest BCUT2D eigenvalue weighted by Crippen LogP contribution is -1.84. The Bertz CT molecular complexity index is 174. The van der Waals surface area contributed by atoms with Gasteiger partial charge in [-0.3, -0.25) is 0 Å². The minimum absolute atomic E-state index is 0.0833. The molecule has 0 heterocycles. The molecule has 0 saturated heterocycles. The molecule has 0 fully saturated rings. The molecule has 0 spiro atoms. The third kappa shape index (κ3) is 2.47. The summed E-state index contributed by atoms with van der Waals surface area (Å²) in [6, 6.07) is 10.2. The first kappa shape index (κ1) is 7.71. The van der Waals surface area contributed by atoms with Crippen molar-refractivity contribution in [1.82, 2.24) is 0 Å². The van der Waals surface area contributed by atoms with E-state index in [0.717, 1.165) is 12.6 Å². The maximum absolute atomic E-state index is 8.56. The van der Waals surface area contributed by atoms with Gasteiger partial charge in [0.05, 0.1) is 0 Å². The molecule has 0 saturated carbocycles. The van der Waals surface area contributed by atoms with Crippen LogP contribution in [0, 0.1) is 0 Å². The summed E-state index contributed by atoms with van der Waals surface area (Å²) in [7, 11) is 0.0833. The molecule has 0 aliphatic carbocycles. The molecule has 0 aromatic heterocycles. The lowest BCUT2D eigenvalue weighted by Gasteiger charge is -1.95. The van der Waals surface area contributed by atoms with E-state index in [1.807, 2.05) is 18.2 Å². The van der Waals surface area contributed by atoms with Gasteiger partial charge in [-0.15, -0.1) is 0 Å². The van der Waals surface area contributed by atoms with Crippen molar-refractivity contribution in [2.75, 3.05) is 6.16 Å². The van der Waals surface area contributed by atoms with Crippen molar-refractivity contribution < 1.29 is 4.89 Å². The van der Waals surface area contributed by atoms with Gasteiger partial charge in [0, 0.05) is 8.81 Å². The Balaban J connectivity index is 2.43. The molecular weight excluding hydrogens is 143 g/mol. The third-order valence-corrected chi connectivity index (χ3v) is 1.84. The van der Waals surface area contributed by atoms with Gasteiger partial charge in [-0.05, 0) is 18.1 Å². The first-order chi connectivity index (χ1) is 4.93. The van der Waals surface area contributed by atoms with Crippen molar-refractivity contribution in [2.24, 2.45) is 0 Å². The van der Waals surface area contributed by atoms with Crippen LogP contribution in [0.4, 0.5) is 0 Å². The fourth-order valence-electron chi connectivity index (χ4n) is 0.845. The lowest BCUT2D eigenvalue weighted by molar-refractivity contribution is 0.644. The predicted octanol–water partition coefficient (Wildman–Crippen LogP) is 1.81. The summed E-state index contributed by atoms with van der Waals surface area (Å²) >= 11 is 0. The first-order valence-electron chi connectivity index (χ1n) is 3.34. The van der Waals surface area contributed by atoms with E-state index in [9.17, 15) is 0 Å². The summed E-state index contributed by atoms with van der Waals surface area (Å²) in [4.78, 5) is 8.56. The van der Waals surface area contributed by atoms with Crippen molar-refractivity contribution in [3.63, 3.8) is 0 Å². The van der Waals surface area contributed by atoms with Gasteiger partial charge >= 0.3 is 0 Å². The highest BCUT2D eigenvalue weighted by Gasteiger charge is 1.88. The SMILES string of the molecule is OPCCc1ccccc1. The Labute approximate surface area is 63.0 Å². The standard InChI is InChI=1S/C8H11OP/c9-10-7-6-8-4-2-1-3-5-8/h1-5,9-10H,6-7H2. The van der Waals surface area contributed by atoms with Crippen molar-refractivity contribution in [3.05, 3.63) is 35.9 Å². The second-order valence-corrected chi connectivity index (χ2v) is 2.96. The van der Waals surface area contributed by atoms with E-state index in [-0.39, 0.29) is 8.81 Å². The predicted molar refractivity (Wildman–Crippen MR) is 45.5 cm³/mol. The summed E-state index contributed by atoms with van der Waals surface area (Å²) in [5, 5.41) is 0. The highest BCUT2D eigenvalue weighted by Crippen LogP contribution is 2.06. The van der Waals surface area contributed by atoms with Crippen LogP contribution in [0.25, 0.3) is 0 Å². The fraction of sp³-hybridized carbons (Fsp3) is 0.250. The fourth-order valence-corrected chi connectivity index (χ4v) is 1.25. The van der Waals surface area contributed by atoms with Crippen molar-refractivity contribution in [3.8, 4) is 0 Å². The average molecular weight is 154 g/mol. The Morgan fingerprint density at radius 2 is 1.90 bits per heavy atom. The maximum atomic E-state index is 8.56. The smallest absolute Gasteiger partial charge is 0.0110 e. The third-order valence-electron chi connectivity index (χ3n) is 1.37. The summed E-state index contributed by atoms with van der Waals surface area (Å²) < 4.78 is 0. The molecular formula is C8H11OP. The molecule has 0 aliphatic rings. The molecule has 10 heavy (non-hydrogen) atoms. The molecule has 0 radical (unpaired) electrons. The second-order valence-electron chi connectivity index (χ2n) is 2.14. The minimum atomic E-state index is 0.0833. The van der Waals surface area contributed by atoms with Gasteiger partial charge in [0.15, 0.2) is 0 Å². The van der Waals surface area contributed by atoms with Gasteiger partial charge in [-0.25, -0.2) is 0 Å². The molecule has 1 atom stereocenters. The summed E-state index contributed by atoms with van der Waals surface area (Å²) in [6.45, 7) is 0. The number of rotatable bonds is 3. The average Bonchev–Trinajstić information content (AvgIpc) is 2.03. The molecule has 0 amide bonds. The summed E-state index contributed by atoms with van der Waals surface area (Å²) in [6.07, 6.45) is 1.89. The van der Waals surface area contributed by atoms with Crippen LogP contribution in [-0.2, 0) is 6.42 Å². The Morgan fingerprint density at radius 1 is 1.20 bits per heavy atom.